The molecule has 4 aromatic rings. The Balaban J connectivity index is 1.16. The third-order valence-electron chi connectivity index (χ3n) is 9.92. The molecule has 0 unspecified atom stereocenters. The first-order valence-electron chi connectivity index (χ1n) is 17.3. The maximum Gasteiger partial charge on any atom is 0.246 e. The van der Waals surface area contributed by atoms with Gasteiger partial charge in [0.15, 0.2) is 0 Å². The lowest BCUT2D eigenvalue weighted by molar-refractivity contribution is -0.120. The molecular weight excluding hydrogens is 685 g/mol. The highest BCUT2D eigenvalue weighted by Gasteiger charge is 2.30. The first-order chi connectivity index (χ1) is 24.6. The van der Waals surface area contributed by atoms with Gasteiger partial charge < -0.3 is 30.5 Å². The van der Waals surface area contributed by atoms with Crippen LogP contribution in [0.5, 0.6) is 0 Å². The number of carbonyl (C=O) groups excluding carboxylic acids is 4. The number of Topliss-reactive ketones (excluding diaryl/α,β-unsaturated/α-hetero) is 1. The van der Waals surface area contributed by atoms with Crippen LogP contribution >= 0.6 is 23.2 Å². The van der Waals surface area contributed by atoms with Crippen molar-refractivity contribution < 1.29 is 19.2 Å². The molecule has 3 aliphatic heterocycles. The van der Waals surface area contributed by atoms with Gasteiger partial charge >= 0.3 is 0 Å². The van der Waals surface area contributed by atoms with E-state index in [0.29, 0.717) is 42.4 Å². The van der Waals surface area contributed by atoms with Gasteiger partial charge in [-0.2, -0.15) is 0 Å². The maximum atomic E-state index is 12.9. The number of anilines is 4. The fraction of sp³-hybridized carbons (Fsp3) is 0.300. The van der Waals surface area contributed by atoms with Crippen LogP contribution in [0.25, 0.3) is 33.4 Å². The number of nitrogens with one attached hydrogen (secondary N) is 3. The zero-order valence-electron chi connectivity index (χ0n) is 28.5. The molecule has 3 N–H and O–H groups in total. The SMILES string of the molecule is CC(=O)CC[C@H](C)CN1C(=O)CNc2cc(-c3cccc(-c4cccc(-c5ccc6c(c5)NCC(=O)N6C[C@@H]5CCC(=O)N5)c4Cl)c3Cl)ccc21. The van der Waals surface area contributed by atoms with Crippen molar-refractivity contribution in [2.45, 2.75) is 45.6 Å². The van der Waals surface area contributed by atoms with E-state index in [-0.39, 0.29) is 48.6 Å². The Hall–Kier alpha value is -4.86. The third kappa shape index (κ3) is 7.05. The smallest absolute Gasteiger partial charge is 0.246 e. The molecule has 262 valence electrons. The van der Waals surface area contributed by atoms with E-state index < -0.39 is 0 Å². The summed E-state index contributed by atoms with van der Waals surface area (Å²) in [6.45, 7) is 5.00. The van der Waals surface area contributed by atoms with Crippen molar-refractivity contribution in [1.29, 1.82) is 0 Å². The lowest BCUT2D eigenvalue weighted by Gasteiger charge is -2.32. The zero-order valence-corrected chi connectivity index (χ0v) is 30.0. The first kappa shape index (κ1) is 34.6. The molecule has 3 aliphatic rings. The number of halogens is 2. The summed E-state index contributed by atoms with van der Waals surface area (Å²) in [7, 11) is 0. The lowest BCUT2D eigenvalue weighted by Crippen LogP contribution is -2.46. The molecule has 0 aliphatic carbocycles. The Bertz CT molecular complexity index is 2070. The minimum atomic E-state index is -0.0617. The summed E-state index contributed by atoms with van der Waals surface area (Å²) in [5.41, 5.74) is 8.27. The Kier molecular flexibility index (Phi) is 9.77. The summed E-state index contributed by atoms with van der Waals surface area (Å²) in [6, 6.07) is 23.5. The van der Waals surface area contributed by atoms with E-state index >= 15 is 0 Å². The summed E-state index contributed by atoms with van der Waals surface area (Å²) >= 11 is 14.3. The van der Waals surface area contributed by atoms with Gasteiger partial charge in [0.1, 0.15) is 5.78 Å². The second-order valence-electron chi connectivity index (χ2n) is 13.7. The van der Waals surface area contributed by atoms with Crippen molar-refractivity contribution in [3.63, 3.8) is 0 Å². The predicted molar refractivity (Wildman–Crippen MR) is 205 cm³/mol. The summed E-state index contributed by atoms with van der Waals surface area (Å²) in [6.07, 6.45) is 2.43. The summed E-state index contributed by atoms with van der Waals surface area (Å²) in [5.74, 6) is 0.312. The second-order valence-corrected chi connectivity index (χ2v) is 14.4. The average molecular weight is 725 g/mol. The van der Waals surface area contributed by atoms with Gasteiger partial charge in [0.25, 0.3) is 0 Å². The molecule has 1 fully saturated rings. The van der Waals surface area contributed by atoms with Gasteiger partial charge in [0, 0.05) is 54.2 Å². The monoisotopic (exact) mass is 723 g/mol. The Morgan fingerprint density at radius 3 is 1.84 bits per heavy atom. The molecule has 2 atom stereocenters. The van der Waals surface area contributed by atoms with Crippen LogP contribution < -0.4 is 25.8 Å². The lowest BCUT2D eigenvalue weighted by atomic mass is 9.94. The van der Waals surface area contributed by atoms with E-state index in [4.69, 9.17) is 23.2 Å². The molecule has 7 rings (SSSR count). The van der Waals surface area contributed by atoms with E-state index in [1.807, 2.05) is 77.7 Å². The molecule has 0 bridgehead atoms. The molecule has 4 aromatic carbocycles. The minimum absolute atomic E-state index is 0.000864. The maximum absolute atomic E-state index is 12.9. The number of benzene rings is 4. The van der Waals surface area contributed by atoms with Crippen LogP contribution in [0.3, 0.4) is 0 Å². The third-order valence-corrected chi connectivity index (χ3v) is 10.7. The fourth-order valence-electron chi connectivity index (χ4n) is 7.18. The van der Waals surface area contributed by atoms with Crippen molar-refractivity contribution in [3.05, 3.63) is 82.8 Å². The summed E-state index contributed by atoms with van der Waals surface area (Å²) in [5, 5.41) is 10.6. The number of hydrogen-bond donors (Lipinski definition) is 3. The molecule has 3 heterocycles. The summed E-state index contributed by atoms with van der Waals surface area (Å²) in [4.78, 5) is 52.6. The number of hydrogen-bond acceptors (Lipinski definition) is 6. The molecule has 51 heavy (non-hydrogen) atoms. The van der Waals surface area contributed by atoms with Crippen molar-refractivity contribution in [2.75, 3.05) is 46.6 Å². The highest BCUT2D eigenvalue weighted by molar-refractivity contribution is 6.39. The average Bonchev–Trinajstić information content (AvgIpc) is 3.54. The summed E-state index contributed by atoms with van der Waals surface area (Å²) < 4.78 is 0. The van der Waals surface area contributed by atoms with Crippen molar-refractivity contribution in [3.8, 4) is 33.4 Å². The molecule has 1 saturated heterocycles. The molecule has 0 aromatic heterocycles. The van der Waals surface area contributed by atoms with Crippen LogP contribution in [0.1, 0.15) is 39.5 Å². The first-order valence-corrected chi connectivity index (χ1v) is 18.1. The van der Waals surface area contributed by atoms with Crippen LogP contribution in [-0.4, -0.2) is 55.7 Å². The molecule has 3 amide bonds. The van der Waals surface area contributed by atoms with Gasteiger partial charge in [-0.25, -0.2) is 0 Å². The number of amides is 3. The predicted octanol–water partition coefficient (Wildman–Crippen LogP) is 7.80. The highest BCUT2D eigenvalue weighted by atomic mass is 35.5. The van der Waals surface area contributed by atoms with Gasteiger partial charge in [0.05, 0.1) is 45.9 Å². The number of nitrogens with zero attached hydrogens (tertiary/aromatic N) is 2. The van der Waals surface area contributed by atoms with Gasteiger partial charge in [-0.05, 0) is 61.1 Å². The molecule has 0 spiro atoms. The highest BCUT2D eigenvalue weighted by Crippen LogP contribution is 2.45. The number of carbonyl (C=O) groups is 4. The van der Waals surface area contributed by atoms with Crippen LogP contribution in [0.15, 0.2) is 72.8 Å². The topological polar surface area (TPSA) is 111 Å². The Morgan fingerprint density at radius 1 is 0.784 bits per heavy atom. The Labute approximate surface area is 307 Å². The van der Waals surface area contributed by atoms with Crippen molar-refractivity contribution >= 4 is 69.5 Å². The van der Waals surface area contributed by atoms with E-state index in [0.717, 1.165) is 62.6 Å². The molecular formula is C40H39Cl2N5O4. The Morgan fingerprint density at radius 2 is 1.31 bits per heavy atom. The van der Waals surface area contributed by atoms with E-state index in [1.165, 1.54) is 0 Å². The normalized spacial score (nSPS) is 17.3. The van der Waals surface area contributed by atoms with E-state index in [9.17, 15) is 19.2 Å². The quantitative estimate of drug-likeness (QED) is 0.154. The molecule has 9 nitrogen and oxygen atoms in total. The second kappa shape index (κ2) is 14.4. The van der Waals surface area contributed by atoms with Gasteiger partial charge in [0.2, 0.25) is 17.7 Å². The largest absolute Gasteiger partial charge is 0.374 e. The standard InChI is InChI=1S/C40H39Cl2N5O4/c1-23(9-10-24(2)48)21-46-34-14-11-25(17-32(34)43-19-37(46)50)28-5-3-7-30(39(28)41)31-8-4-6-29(40(31)42)26-12-15-35-33(18-26)44-20-38(51)47(35)22-27-13-16-36(49)45-27/h3-8,11-12,14-15,17-18,23,27,43-44H,9-10,13,16,19-22H2,1-2H3,(H,45,49)/t23-,27-/m0/s1. The van der Waals surface area contributed by atoms with Gasteiger partial charge in [-0.3, -0.25) is 14.4 Å². The van der Waals surface area contributed by atoms with Crippen molar-refractivity contribution in [1.82, 2.24) is 5.32 Å². The van der Waals surface area contributed by atoms with Gasteiger partial charge in [-0.15, -0.1) is 0 Å². The minimum Gasteiger partial charge on any atom is -0.374 e. The van der Waals surface area contributed by atoms with Gasteiger partial charge in [-0.1, -0.05) is 78.7 Å². The van der Waals surface area contributed by atoms with Crippen LogP contribution in [0.4, 0.5) is 22.7 Å². The number of rotatable bonds is 10. The fourth-order valence-corrected chi connectivity index (χ4v) is 7.85. The number of fused-ring (bicyclic) bond motifs is 2. The van der Waals surface area contributed by atoms with Crippen molar-refractivity contribution in [2.24, 2.45) is 5.92 Å². The van der Waals surface area contributed by atoms with Crippen LogP contribution in [-0.2, 0) is 19.2 Å². The van der Waals surface area contributed by atoms with Crippen LogP contribution in [0.2, 0.25) is 10.0 Å². The molecule has 0 radical (unpaired) electrons. The molecule has 0 saturated carbocycles. The number of ketones is 1. The van der Waals surface area contributed by atoms with E-state index in [1.54, 1.807) is 11.8 Å². The van der Waals surface area contributed by atoms with E-state index in [2.05, 4.69) is 22.9 Å². The molecule has 11 heteroatoms. The van der Waals surface area contributed by atoms with Crippen LogP contribution in [0, 0.1) is 5.92 Å². The zero-order chi connectivity index (χ0) is 35.8.